The van der Waals surface area contributed by atoms with Crippen molar-refractivity contribution < 1.29 is 14.0 Å². The Morgan fingerprint density at radius 2 is 1.83 bits per heavy atom. The minimum Gasteiger partial charge on any atom is -0.408 e. The maximum absolute atomic E-state index is 12.2. The number of Topliss-reactive ketones (excluding diaryl/α,β-unsaturated/α-hetero) is 1. The van der Waals surface area contributed by atoms with Crippen LogP contribution in [0.25, 0.3) is 11.1 Å². The van der Waals surface area contributed by atoms with Crippen LogP contribution in [0.2, 0.25) is 0 Å². The summed E-state index contributed by atoms with van der Waals surface area (Å²) in [7, 11) is 0. The monoisotopic (exact) mass is 324 g/mol. The Kier molecular flexibility index (Phi) is 4.56. The smallest absolute Gasteiger partial charge is 0.408 e. The van der Waals surface area contributed by atoms with Crippen LogP contribution in [-0.2, 0) is 11.3 Å². The standard InChI is InChI=1S/C18H16N2O4/c21-15(13-6-7-14-16(10-13)24-18(23)20-14)8-9-17(22)19-11-12-4-2-1-3-5-12/h1-7,10H,8-9,11H2,(H,19,22)(H,20,23). The molecule has 0 atom stereocenters. The lowest BCUT2D eigenvalue weighted by Crippen LogP contribution is -2.23. The van der Waals surface area contributed by atoms with Crippen LogP contribution in [0.1, 0.15) is 28.8 Å². The average molecular weight is 324 g/mol. The number of hydrogen-bond donors (Lipinski definition) is 2. The van der Waals surface area contributed by atoms with Crippen LogP contribution in [0.15, 0.2) is 57.7 Å². The molecule has 24 heavy (non-hydrogen) atoms. The third-order valence-electron chi connectivity index (χ3n) is 3.65. The van der Waals surface area contributed by atoms with Crippen molar-refractivity contribution >= 4 is 22.8 Å². The van der Waals surface area contributed by atoms with E-state index in [0.29, 0.717) is 23.2 Å². The van der Waals surface area contributed by atoms with Crippen molar-refractivity contribution in [3.8, 4) is 0 Å². The lowest BCUT2D eigenvalue weighted by molar-refractivity contribution is -0.121. The Hall–Kier alpha value is -3.15. The largest absolute Gasteiger partial charge is 0.417 e. The second kappa shape index (κ2) is 6.95. The highest BCUT2D eigenvalue weighted by Gasteiger charge is 2.11. The van der Waals surface area contributed by atoms with Crippen LogP contribution >= 0.6 is 0 Å². The van der Waals surface area contributed by atoms with Crippen molar-refractivity contribution in [2.45, 2.75) is 19.4 Å². The minimum atomic E-state index is -0.560. The van der Waals surface area contributed by atoms with Gasteiger partial charge in [-0.05, 0) is 23.8 Å². The quantitative estimate of drug-likeness (QED) is 0.681. The first-order valence-electron chi connectivity index (χ1n) is 7.58. The van der Waals surface area contributed by atoms with Gasteiger partial charge in [0.2, 0.25) is 5.91 Å². The number of aromatic amines is 1. The van der Waals surface area contributed by atoms with Crippen molar-refractivity contribution in [2.75, 3.05) is 0 Å². The summed E-state index contributed by atoms with van der Waals surface area (Å²) >= 11 is 0. The van der Waals surface area contributed by atoms with Crippen LogP contribution in [0.3, 0.4) is 0 Å². The molecule has 0 aliphatic heterocycles. The van der Waals surface area contributed by atoms with E-state index in [-0.39, 0.29) is 24.5 Å². The van der Waals surface area contributed by atoms with E-state index in [1.807, 2.05) is 30.3 Å². The molecule has 122 valence electrons. The van der Waals surface area contributed by atoms with Crippen molar-refractivity contribution in [1.29, 1.82) is 0 Å². The summed E-state index contributed by atoms with van der Waals surface area (Å²) in [5.74, 6) is -0.910. The molecular formula is C18H16N2O4. The molecule has 0 unspecified atom stereocenters. The summed E-state index contributed by atoms with van der Waals surface area (Å²) in [5, 5.41) is 2.78. The molecule has 6 heteroatoms. The van der Waals surface area contributed by atoms with Gasteiger partial charge in [-0.1, -0.05) is 30.3 Å². The first-order valence-corrected chi connectivity index (χ1v) is 7.58. The Balaban J connectivity index is 1.54. The number of ketones is 1. The molecule has 0 saturated carbocycles. The lowest BCUT2D eigenvalue weighted by Gasteiger charge is -2.05. The molecule has 3 rings (SSSR count). The number of amides is 1. The Labute approximate surface area is 137 Å². The number of hydrogen-bond acceptors (Lipinski definition) is 4. The number of benzene rings is 2. The molecule has 2 N–H and O–H groups in total. The molecule has 0 saturated heterocycles. The van der Waals surface area contributed by atoms with Gasteiger partial charge in [0.15, 0.2) is 11.4 Å². The maximum atomic E-state index is 12.2. The predicted octanol–water partition coefficient (Wildman–Crippen LogP) is 2.40. The SMILES string of the molecule is O=C(CCC(=O)c1ccc2[nH]c(=O)oc2c1)NCc1ccccc1. The Morgan fingerprint density at radius 1 is 1.04 bits per heavy atom. The number of H-pyrrole nitrogens is 1. The van der Waals surface area contributed by atoms with E-state index in [9.17, 15) is 14.4 Å². The van der Waals surface area contributed by atoms with Gasteiger partial charge < -0.3 is 9.73 Å². The lowest BCUT2D eigenvalue weighted by atomic mass is 10.1. The fourth-order valence-corrected chi connectivity index (χ4v) is 2.38. The van der Waals surface area contributed by atoms with E-state index >= 15 is 0 Å². The molecule has 0 spiro atoms. The molecule has 3 aromatic rings. The third kappa shape index (κ3) is 3.78. The number of rotatable bonds is 6. The molecule has 6 nitrogen and oxygen atoms in total. The second-order valence-corrected chi connectivity index (χ2v) is 5.41. The minimum absolute atomic E-state index is 0.0980. The maximum Gasteiger partial charge on any atom is 0.417 e. The number of fused-ring (bicyclic) bond motifs is 1. The summed E-state index contributed by atoms with van der Waals surface area (Å²) in [4.78, 5) is 37.6. The zero-order valence-corrected chi connectivity index (χ0v) is 12.9. The number of aromatic nitrogens is 1. The van der Waals surface area contributed by atoms with Crippen molar-refractivity contribution in [3.63, 3.8) is 0 Å². The average Bonchev–Trinajstić information content (AvgIpc) is 2.97. The summed E-state index contributed by atoms with van der Waals surface area (Å²) in [6.45, 7) is 0.439. The second-order valence-electron chi connectivity index (χ2n) is 5.41. The summed E-state index contributed by atoms with van der Waals surface area (Å²) in [6.07, 6.45) is 0.210. The Morgan fingerprint density at radius 3 is 2.62 bits per heavy atom. The van der Waals surface area contributed by atoms with Crippen molar-refractivity contribution in [1.82, 2.24) is 10.3 Å². The van der Waals surface area contributed by atoms with E-state index < -0.39 is 5.76 Å². The van der Waals surface area contributed by atoms with E-state index in [1.54, 1.807) is 12.1 Å². The molecule has 0 aliphatic carbocycles. The van der Waals surface area contributed by atoms with Gasteiger partial charge in [0, 0.05) is 24.9 Å². The number of oxazole rings is 1. The zero-order chi connectivity index (χ0) is 16.9. The predicted molar refractivity (Wildman–Crippen MR) is 88.7 cm³/mol. The van der Waals surface area contributed by atoms with Crippen LogP contribution in [-0.4, -0.2) is 16.7 Å². The molecule has 1 amide bonds. The first-order chi connectivity index (χ1) is 11.6. The van der Waals surface area contributed by atoms with Crippen LogP contribution in [0.4, 0.5) is 0 Å². The van der Waals surface area contributed by atoms with Gasteiger partial charge in [-0.25, -0.2) is 4.79 Å². The summed E-state index contributed by atoms with van der Waals surface area (Å²) in [6, 6.07) is 14.3. The number of carbonyl (C=O) groups excluding carboxylic acids is 2. The van der Waals surface area contributed by atoms with Crippen LogP contribution in [0, 0.1) is 0 Å². The summed E-state index contributed by atoms with van der Waals surface area (Å²) < 4.78 is 4.93. The summed E-state index contributed by atoms with van der Waals surface area (Å²) in [5.41, 5.74) is 2.29. The highest BCUT2D eigenvalue weighted by molar-refractivity contribution is 6.00. The van der Waals surface area contributed by atoms with Gasteiger partial charge in [0.1, 0.15) is 0 Å². The fraction of sp³-hybridized carbons (Fsp3) is 0.167. The van der Waals surface area contributed by atoms with Gasteiger partial charge in [-0.15, -0.1) is 0 Å². The first kappa shape index (κ1) is 15.7. The number of nitrogens with one attached hydrogen (secondary N) is 2. The molecule has 0 bridgehead atoms. The Bertz CT molecular complexity index is 925. The highest BCUT2D eigenvalue weighted by Crippen LogP contribution is 2.14. The molecule has 0 aliphatic rings. The highest BCUT2D eigenvalue weighted by atomic mass is 16.4. The van der Waals surface area contributed by atoms with Gasteiger partial charge in [0.05, 0.1) is 5.52 Å². The van der Waals surface area contributed by atoms with Crippen molar-refractivity contribution in [2.24, 2.45) is 0 Å². The molecule has 0 fully saturated rings. The molecule has 1 aromatic heterocycles. The zero-order valence-electron chi connectivity index (χ0n) is 12.9. The molecule has 0 radical (unpaired) electrons. The van der Waals surface area contributed by atoms with E-state index in [4.69, 9.17) is 4.42 Å². The topological polar surface area (TPSA) is 92.2 Å². The van der Waals surface area contributed by atoms with Crippen LogP contribution in [0.5, 0.6) is 0 Å². The fourth-order valence-electron chi connectivity index (χ4n) is 2.38. The van der Waals surface area contributed by atoms with E-state index in [1.165, 1.54) is 6.07 Å². The van der Waals surface area contributed by atoms with Gasteiger partial charge in [0.25, 0.3) is 0 Å². The van der Waals surface area contributed by atoms with E-state index in [0.717, 1.165) is 5.56 Å². The van der Waals surface area contributed by atoms with E-state index in [2.05, 4.69) is 10.3 Å². The molecular weight excluding hydrogens is 308 g/mol. The van der Waals surface area contributed by atoms with Crippen molar-refractivity contribution in [3.05, 3.63) is 70.2 Å². The van der Waals surface area contributed by atoms with Gasteiger partial charge >= 0.3 is 5.76 Å². The van der Waals surface area contributed by atoms with Gasteiger partial charge in [-0.3, -0.25) is 14.6 Å². The molecule has 2 aromatic carbocycles. The van der Waals surface area contributed by atoms with Gasteiger partial charge in [-0.2, -0.15) is 0 Å². The van der Waals surface area contributed by atoms with Crippen LogP contribution < -0.4 is 11.1 Å². The molecule has 1 heterocycles. The number of carbonyl (C=O) groups is 2. The third-order valence-corrected chi connectivity index (χ3v) is 3.65. The normalized spacial score (nSPS) is 10.7.